The van der Waals surface area contributed by atoms with Gasteiger partial charge in [-0.3, -0.25) is 14.5 Å². The number of esters is 1. The van der Waals surface area contributed by atoms with Crippen molar-refractivity contribution >= 4 is 28.2 Å². The van der Waals surface area contributed by atoms with Crippen LogP contribution >= 0.6 is 11.3 Å². The highest BCUT2D eigenvalue weighted by atomic mass is 32.1. The molecule has 1 aliphatic heterocycles. The van der Waals surface area contributed by atoms with Crippen LogP contribution in [0.5, 0.6) is 0 Å². The van der Waals surface area contributed by atoms with Crippen LogP contribution in [-0.4, -0.2) is 36.5 Å². The van der Waals surface area contributed by atoms with Crippen molar-refractivity contribution in [2.45, 2.75) is 32.7 Å². The van der Waals surface area contributed by atoms with E-state index in [0.717, 1.165) is 10.4 Å². The quantitative estimate of drug-likeness (QED) is 0.468. The second kappa shape index (κ2) is 10.3. The summed E-state index contributed by atoms with van der Waals surface area (Å²) in [4.78, 5) is 28.1. The van der Waals surface area contributed by atoms with E-state index in [0.29, 0.717) is 43.1 Å². The average molecular weight is 471 g/mol. The van der Waals surface area contributed by atoms with E-state index in [1.165, 1.54) is 23.7 Å². The summed E-state index contributed by atoms with van der Waals surface area (Å²) in [6, 6.07) is 11.6. The summed E-state index contributed by atoms with van der Waals surface area (Å²) in [5.41, 5.74) is 1.37. The summed E-state index contributed by atoms with van der Waals surface area (Å²) in [5, 5.41) is 3.61. The lowest BCUT2D eigenvalue weighted by Crippen LogP contribution is -2.40. The Hall–Kier alpha value is -2.97. The van der Waals surface area contributed by atoms with E-state index in [9.17, 15) is 9.59 Å². The van der Waals surface area contributed by atoms with E-state index in [2.05, 4.69) is 10.2 Å². The van der Waals surface area contributed by atoms with Crippen molar-refractivity contribution in [1.82, 2.24) is 4.90 Å². The van der Waals surface area contributed by atoms with Gasteiger partial charge < -0.3 is 14.5 Å². The summed E-state index contributed by atoms with van der Waals surface area (Å²) in [7, 11) is 0. The molecular formula is C25H27FN2O4S. The van der Waals surface area contributed by atoms with Crippen LogP contribution in [0.15, 0.2) is 53.1 Å². The number of halogens is 1. The molecule has 1 aliphatic rings. The van der Waals surface area contributed by atoms with Crippen LogP contribution in [0.25, 0.3) is 0 Å². The van der Waals surface area contributed by atoms with Gasteiger partial charge in [-0.2, -0.15) is 0 Å². The molecular weight excluding hydrogens is 443 g/mol. The average Bonchev–Trinajstić information content (AvgIpc) is 3.46. The topological polar surface area (TPSA) is 71.8 Å². The molecule has 0 spiro atoms. The Morgan fingerprint density at radius 3 is 2.64 bits per heavy atom. The second-order valence-electron chi connectivity index (χ2n) is 8.06. The van der Waals surface area contributed by atoms with Gasteiger partial charge in [0, 0.05) is 16.0 Å². The Labute approximate surface area is 196 Å². The predicted octanol–water partition coefficient (Wildman–Crippen LogP) is 5.41. The molecule has 3 heterocycles. The van der Waals surface area contributed by atoms with Crippen LogP contribution in [0.4, 0.5) is 9.39 Å². The normalized spacial score (nSPS) is 15.8. The number of nitrogens with one attached hydrogen (secondary N) is 1. The minimum absolute atomic E-state index is 0.148. The number of carbonyl (C=O) groups is 2. The first-order valence-corrected chi connectivity index (χ1v) is 11.9. The molecule has 0 unspecified atom stereocenters. The molecule has 0 aliphatic carbocycles. The number of ether oxygens (including phenoxy) is 1. The summed E-state index contributed by atoms with van der Waals surface area (Å²) >= 11 is 1.45. The number of hydrogen-bond donors (Lipinski definition) is 1. The SMILES string of the molecule is CCOC(=O)C1CCN([C@H](c2ccccc2F)c2cc(C)sc2NC(=O)c2ccco2)CC1. The minimum atomic E-state index is -0.397. The van der Waals surface area contributed by atoms with Crippen LogP contribution in [0.3, 0.4) is 0 Å². The number of hydrogen-bond acceptors (Lipinski definition) is 6. The summed E-state index contributed by atoms with van der Waals surface area (Å²) in [5.74, 6) is -0.759. The van der Waals surface area contributed by atoms with Gasteiger partial charge in [0.15, 0.2) is 5.76 Å². The molecule has 1 aromatic carbocycles. The number of aryl methyl sites for hydroxylation is 1. The van der Waals surface area contributed by atoms with Crippen molar-refractivity contribution < 1.29 is 23.1 Å². The largest absolute Gasteiger partial charge is 0.466 e. The van der Waals surface area contributed by atoms with Gasteiger partial charge in [-0.1, -0.05) is 18.2 Å². The van der Waals surface area contributed by atoms with Gasteiger partial charge in [0.2, 0.25) is 0 Å². The minimum Gasteiger partial charge on any atom is -0.466 e. The van der Waals surface area contributed by atoms with Crippen molar-refractivity contribution in [3.63, 3.8) is 0 Å². The maximum atomic E-state index is 15.0. The third kappa shape index (κ3) is 5.17. The number of likely N-dealkylation sites (tertiary alicyclic amines) is 1. The number of anilines is 1. The van der Waals surface area contributed by atoms with E-state index in [1.54, 1.807) is 31.2 Å². The molecule has 8 heteroatoms. The highest BCUT2D eigenvalue weighted by Crippen LogP contribution is 2.41. The van der Waals surface area contributed by atoms with Crippen molar-refractivity contribution in [1.29, 1.82) is 0 Å². The first kappa shape index (κ1) is 23.2. The zero-order chi connectivity index (χ0) is 23.4. The molecule has 1 amide bonds. The lowest BCUT2D eigenvalue weighted by atomic mass is 9.91. The number of rotatable bonds is 7. The highest BCUT2D eigenvalue weighted by molar-refractivity contribution is 7.16. The zero-order valence-corrected chi connectivity index (χ0v) is 19.5. The predicted molar refractivity (Wildman–Crippen MR) is 125 cm³/mol. The Morgan fingerprint density at radius 2 is 1.97 bits per heavy atom. The van der Waals surface area contributed by atoms with Gasteiger partial charge in [0.25, 0.3) is 5.91 Å². The molecule has 4 rings (SSSR count). The van der Waals surface area contributed by atoms with Crippen LogP contribution in [0.1, 0.15) is 52.4 Å². The van der Waals surface area contributed by atoms with Gasteiger partial charge in [-0.05, 0) is 64.0 Å². The standard InChI is InChI=1S/C25H27FN2O4S/c1-3-31-25(30)17-10-12-28(13-11-17)22(18-7-4-5-8-20(18)26)19-15-16(2)33-24(19)27-23(29)21-9-6-14-32-21/h4-9,14-15,17,22H,3,10-13H2,1-2H3,(H,27,29)/t22-/m1/s1. The highest BCUT2D eigenvalue weighted by Gasteiger charge is 2.34. The number of amides is 1. The first-order valence-electron chi connectivity index (χ1n) is 11.1. The smallest absolute Gasteiger partial charge is 0.309 e. The lowest BCUT2D eigenvalue weighted by molar-refractivity contribution is -0.149. The number of carbonyl (C=O) groups excluding carboxylic acids is 2. The van der Waals surface area contributed by atoms with E-state index in [1.807, 2.05) is 19.1 Å². The number of benzene rings is 1. The fraction of sp³-hybridized carbons (Fsp3) is 0.360. The molecule has 1 fully saturated rings. The van der Waals surface area contributed by atoms with E-state index in [-0.39, 0.29) is 29.4 Å². The summed E-state index contributed by atoms with van der Waals surface area (Å²) in [6.45, 7) is 5.36. The molecule has 1 N–H and O–H groups in total. The molecule has 1 atom stereocenters. The fourth-order valence-corrected chi connectivity index (χ4v) is 5.26. The monoisotopic (exact) mass is 470 g/mol. The Morgan fingerprint density at radius 1 is 1.21 bits per heavy atom. The summed E-state index contributed by atoms with van der Waals surface area (Å²) in [6.07, 6.45) is 2.73. The third-order valence-electron chi connectivity index (χ3n) is 5.87. The molecule has 33 heavy (non-hydrogen) atoms. The number of piperidine rings is 1. The molecule has 1 saturated heterocycles. The van der Waals surface area contributed by atoms with Crippen LogP contribution in [0, 0.1) is 18.7 Å². The number of thiophene rings is 1. The van der Waals surface area contributed by atoms with Crippen molar-refractivity contribution in [2.24, 2.45) is 5.92 Å². The number of nitrogens with zero attached hydrogens (tertiary/aromatic N) is 1. The van der Waals surface area contributed by atoms with Crippen LogP contribution in [0.2, 0.25) is 0 Å². The van der Waals surface area contributed by atoms with Gasteiger partial charge in [0.05, 0.1) is 24.8 Å². The van der Waals surface area contributed by atoms with Crippen molar-refractivity contribution in [3.8, 4) is 0 Å². The van der Waals surface area contributed by atoms with E-state index >= 15 is 4.39 Å². The molecule has 3 aromatic rings. The Bertz CT molecular complexity index is 1100. The molecule has 0 saturated carbocycles. The van der Waals surface area contributed by atoms with Crippen molar-refractivity contribution in [2.75, 3.05) is 25.0 Å². The van der Waals surface area contributed by atoms with E-state index < -0.39 is 6.04 Å². The van der Waals surface area contributed by atoms with Gasteiger partial charge >= 0.3 is 5.97 Å². The second-order valence-corrected chi connectivity index (χ2v) is 9.32. The van der Waals surface area contributed by atoms with Gasteiger partial charge in [-0.15, -0.1) is 11.3 Å². The van der Waals surface area contributed by atoms with Gasteiger partial charge in [-0.25, -0.2) is 4.39 Å². The van der Waals surface area contributed by atoms with Gasteiger partial charge in [0.1, 0.15) is 10.8 Å². The molecule has 6 nitrogen and oxygen atoms in total. The lowest BCUT2D eigenvalue weighted by Gasteiger charge is -2.37. The Balaban J connectivity index is 1.65. The Kier molecular flexibility index (Phi) is 7.25. The maximum absolute atomic E-state index is 15.0. The summed E-state index contributed by atoms with van der Waals surface area (Å²) < 4.78 is 25.4. The molecule has 174 valence electrons. The van der Waals surface area contributed by atoms with Crippen molar-refractivity contribution in [3.05, 3.63) is 76.3 Å². The zero-order valence-electron chi connectivity index (χ0n) is 18.7. The molecule has 0 radical (unpaired) electrons. The fourth-order valence-electron chi connectivity index (χ4n) is 4.32. The van der Waals surface area contributed by atoms with Crippen LogP contribution in [-0.2, 0) is 9.53 Å². The maximum Gasteiger partial charge on any atom is 0.309 e. The first-order chi connectivity index (χ1) is 16.0. The number of furan rings is 1. The third-order valence-corrected chi connectivity index (χ3v) is 6.85. The van der Waals surface area contributed by atoms with Crippen LogP contribution < -0.4 is 5.32 Å². The molecule has 2 aromatic heterocycles. The van der Waals surface area contributed by atoms with E-state index in [4.69, 9.17) is 9.15 Å². The molecule has 0 bridgehead atoms.